The molecule has 76 valence electrons. The minimum Gasteiger partial charge on any atom is -0.435 e. The number of rotatable bonds is 2. The summed E-state index contributed by atoms with van der Waals surface area (Å²) in [6.45, 7) is 2.12. The molecular weight excluding hydrogens is 170 g/mol. The van der Waals surface area contributed by atoms with E-state index in [1.165, 1.54) is 0 Å². The van der Waals surface area contributed by atoms with Gasteiger partial charge in [0.1, 0.15) is 6.10 Å². The Hall–Kier alpha value is -0.770. The summed E-state index contributed by atoms with van der Waals surface area (Å²) in [5.41, 5.74) is 5.74. The van der Waals surface area contributed by atoms with Gasteiger partial charge in [-0.3, -0.25) is 0 Å². The zero-order valence-electron chi connectivity index (χ0n) is 7.99. The Morgan fingerprint density at radius 2 is 2.31 bits per heavy atom. The van der Waals surface area contributed by atoms with Gasteiger partial charge in [0.15, 0.2) is 0 Å². The molecule has 0 aliphatic heterocycles. The Morgan fingerprint density at radius 3 is 2.92 bits per heavy atom. The Balaban J connectivity index is 2.23. The highest BCUT2D eigenvalue weighted by molar-refractivity contribution is 5.60. The summed E-state index contributed by atoms with van der Waals surface area (Å²) in [5.74, 6) is 0. The van der Waals surface area contributed by atoms with E-state index in [9.17, 15) is 4.79 Å². The second kappa shape index (κ2) is 5.07. The van der Waals surface area contributed by atoms with Crippen LogP contribution in [0.4, 0.5) is 4.79 Å². The zero-order chi connectivity index (χ0) is 9.68. The summed E-state index contributed by atoms with van der Waals surface area (Å²) in [6.07, 6.45) is 3.13. The lowest BCUT2D eigenvalue weighted by atomic mass is 9.94. The standard InChI is InChI=1S/C9H17NO3/c1-2-12-9(11)13-8-5-3-4-7(10)6-8/h7-8H,2-6,10H2,1H3. The molecule has 0 aromatic heterocycles. The van der Waals surface area contributed by atoms with Gasteiger partial charge < -0.3 is 15.2 Å². The maximum absolute atomic E-state index is 10.9. The van der Waals surface area contributed by atoms with E-state index >= 15 is 0 Å². The summed E-state index contributed by atoms with van der Waals surface area (Å²) in [4.78, 5) is 10.9. The molecule has 0 aromatic rings. The summed E-state index contributed by atoms with van der Waals surface area (Å²) >= 11 is 0. The van der Waals surface area contributed by atoms with E-state index in [2.05, 4.69) is 4.74 Å². The molecule has 1 rings (SSSR count). The Labute approximate surface area is 78.4 Å². The van der Waals surface area contributed by atoms with Crippen molar-refractivity contribution in [1.82, 2.24) is 0 Å². The fourth-order valence-electron chi connectivity index (χ4n) is 1.58. The van der Waals surface area contributed by atoms with Crippen LogP contribution >= 0.6 is 0 Å². The van der Waals surface area contributed by atoms with Crippen molar-refractivity contribution in [1.29, 1.82) is 0 Å². The van der Waals surface area contributed by atoms with Crippen LogP contribution in [0.2, 0.25) is 0 Å². The Kier molecular flexibility index (Phi) is 4.02. The highest BCUT2D eigenvalue weighted by Crippen LogP contribution is 2.20. The monoisotopic (exact) mass is 187 g/mol. The first-order valence-electron chi connectivity index (χ1n) is 4.81. The van der Waals surface area contributed by atoms with Crippen molar-refractivity contribution in [3.05, 3.63) is 0 Å². The van der Waals surface area contributed by atoms with Gasteiger partial charge in [0.25, 0.3) is 0 Å². The summed E-state index contributed by atoms with van der Waals surface area (Å²) in [6, 6.07) is 0.174. The molecule has 0 bridgehead atoms. The van der Waals surface area contributed by atoms with E-state index in [0.717, 1.165) is 25.7 Å². The quantitative estimate of drug-likeness (QED) is 0.664. The van der Waals surface area contributed by atoms with E-state index in [1.807, 2.05) is 0 Å². The fourth-order valence-corrected chi connectivity index (χ4v) is 1.58. The third-order valence-electron chi connectivity index (χ3n) is 2.19. The molecule has 1 aliphatic rings. The highest BCUT2D eigenvalue weighted by atomic mass is 16.7. The molecular formula is C9H17NO3. The third-order valence-corrected chi connectivity index (χ3v) is 2.19. The van der Waals surface area contributed by atoms with Gasteiger partial charge in [-0.25, -0.2) is 4.79 Å². The molecule has 1 aliphatic carbocycles. The molecule has 0 radical (unpaired) electrons. The predicted octanol–water partition coefficient (Wildman–Crippen LogP) is 1.43. The molecule has 0 amide bonds. The van der Waals surface area contributed by atoms with Crippen molar-refractivity contribution in [2.24, 2.45) is 5.73 Å². The molecule has 1 saturated carbocycles. The number of ether oxygens (including phenoxy) is 2. The van der Waals surface area contributed by atoms with E-state index in [1.54, 1.807) is 6.92 Å². The molecule has 0 spiro atoms. The van der Waals surface area contributed by atoms with E-state index < -0.39 is 6.16 Å². The van der Waals surface area contributed by atoms with Crippen molar-refractivity contribution < 1.29 is 14.3 Å². The third kappa shape index (κ3) is 3.63. The SMILES string of the molecule is CCOC(=O)OC1CCCC(N)C1. The van der Waals surface area contributed by atoms with Gasteiger partial charge in [-0.2, -0.15) is 0 Å². The Bertz CT molecular complexity index is 172. The summed E-state index contributed by atoms with van der Waals surface area (Å²) in [5, 5.41) is 0. The molecule has 4 nitrogen and oxygen atoms in total. The first-order chi connectivity index (χ1) is 6.22. The normalized spacial score (nSPS) is 28.2. The maximum Gasteiger partial charge on any atom is 0.508 e. The van der Waals surface area contributed by atoms with E-state index in [0.29, 0.717) is 6.61 Å². The molecule has 2 atom stereocenters. The first kappa shape index (κ1) is 10.3. The largest absolute Gasteiger partial charge is 0.508 e. The number of carbonyl (C=O) groups excluding carboxylic acids is 1. The van der Waals surface area contributed by atoms with Crippen molar-refractivity contribution >= 4 is 6.16 Å². The van der Waals surface area contributed by atoms with Crippen LogP contribution in [-0.2, 0) is 9.47 Å². The second-order valence-corrected chi connectivity index (χ2v) is 3.35. The molecule has 0 heterocycles. The second-order valence-electron chi connectivity index (χ2n) is 3.35. The van der Waals surface area contributed by atoms with Crippen LogP contribution in [0.15, 0.2) is 0 Å². The van der Waals surface area contributed by atoms with Crippen molar-refractivity contribution in [3.8, 4) is 0 Å². The highest BCUT2D eigenvalue weighted by Gasteiger charge is 2.22. The van der Waals surface area contributed by atoms with Gasteiger partial charge in [-0.05, 0) is 32.6 Å². The predicted molar refractivity (Wildman–Crippen MR) is 48.3 cm³/mol. The van der Waals surface area contributed by atoms with Crippen LogP contribution in [0.3, 0.4) is 0 Å². The lowest BCUT2D eigenvalue weighted by Gasteiger charge is -2.25. The molecule has 1 fully saturated rings. The summed E-state index contributed by atoms with van der Waals surface area (Å²) < 4.78 is 9.74. The van der Waals surface area contributed by atoms with Gasteiger partial charge in [0, 0.05) is 6.04 Å². The average Bonchev–Trinajstić information content (AvgIpc) is 2.04. The average molecular weight is 187 g/mol. The number of carbonyl (C=O) groups is 1. The molecule has 2 unspecified atom stereocenters. The molecule has 0 aromatic carbocycles. The van der Waals surface area contributed by atoms with Gasteiger partial charge in [0.2, 0.25) is 0 Å². The fraction of sp³-hybridized carbons (Fsp3) is 0.889. The van der Waals surface area contributed by atoms with Crippen LogP contribution in [0, 0.1) is 0 Å². The molecule has 4 heteroatoms. The van der Waals surface area contributed by atoms with E-state index in [4.69, 9.17) is 10.5 Å². The minimum atomic E-state index is -0.568. The van der Waals surface area contributed by atoms with Gasteiger partial charge in [-0.15, -0.1) is 0 Å². The minimum absolute atomic E-state index is 0.0391. The van der Waals surface area contributed by atoms with Crippen LogP contribution < -0.4 is 5.73 Å². The first-order valence-corrected chi connectivity index (χ1v) is 4.81. The molecule has 2 N–H and O–H groups in total. The van der Waals surface area contributed by atoms with Crippen molar-refractivity contribution in [2.75, 3.05) is 6.61 Å². The number of hydrogen-bond acceptors (Lipinski definition) is 4. The van der Waals surface area contributed by atoms with Gasteiger partial charge in [-0.1, -0.05) is 0 Å². The van der Waals surface area contributed by atoms with Crippen molar-refractivity contribution in [2.45, 2.75) is 44.8 Å². The van der Waals surface area contributed by atoms with Gasteiger partial charge >= 0.3 is 6.16 Å². The van der Waals surface area contributed by atoms with Crippen LogP contribution in [0.1, 0.15) is 32.6 Å². The van der Waals surface area contributed by atoms with E-state index in [-0.39, 0.29) is 12.1 Å². The molecule has 13 heavy (non-hydrogen) atoms. The number of nitrogens with two attached hydrogens (primary N) is 1. The zero-order valence-corrected chi connectivity index (χ0v) is 7.99. The number of hydrogen-bond donors (Lipinski definition) is 1. The lowest BCUT2D eigenvalue weighted by molar-refractivity contribution is 0.0112. The topological polar surface area (TPSA) is 61.5 Å². The lowest BCUT2D eigenvalue weighted by Crippen LogP contribution is -2.33. The maximum atomic E-state index is 10.9. The Morgan fingerprint density at radius 1 is 1.54 bits per heavy atom. The summed E-state index contributed by atoms with van der Waals surface area (Å²) in [7, 11) is 0. The van der Waals surface area contributed by atoms with Crippen LogP contribution in [0.25, 0.3) is 0 Å². The van der Waals surface area contributed by atoms with Crippen LogP contribution in [0.5, 0.6) is 0 Å². The van der Waals surface area contributed by atoms with Crippen molar-refractivity contribution in [3.63, 3.8) is 0 Å². The molecule has 0 saturated heterocycles. The smallest absolute Gasteiger partial charge is 0.435 e. The van der Waals surface area contributed by atoms with Gasteiger partial charge in [0.05, 0.1) is 6.61 Å². The van der Waals surface area contributed by atoms with Crippen LogP contribution in [-0.4, -0.2) is 24.9 Å².